The van der Waals surface area contributed by atoms with Crippen LogP contribution in [0.15, 0.2) is 83.4 Å². The molecule has 0 unspecified atom stereocenters. The molecule has 2 aromatic heterocycles. The largest absolute Gasteiger partial charge is 0.445 e. The van der Waals surface area contributed by atoms with E-state index in [1.807, 2.05) is 35.8 Å². The van der Waals surface area contributed by atoms with Gasteiger partial charge < -0.3 is 29.4 Å². The lowest BCUT2D eigenvalue weighted by atomic mass is 9.98. The smallest absolute Gasteiger partial charge is 0.227 e. The number of ether oxygens (including phenoxy) is 2. The maximum atomic E-state index is 10.6. The first-order valence-corrected chi connectivity index (χ1v) is 13.3. The summed E-state index contributed by atoms with van der Waals surface area (Å²) < 4.78 is 13.9. The maximum absolute atomic E-state index is 10.6. The van der Waals surface area contributed by atoms with Crippen LogP contribution in [-0.4, -0.2) is 68.0 Å². The van der Waals surface area contributed by atoms with Crippen LogP contribution in [0.1, 0.15) is 11.1 Å². The summed E-state index contributed by atoms with van der Waals surface area (Å²) in [6.07, 6.45) is -0.459. The van der Waals surface area contributed by atoms with Crippen molar-refractivity contribution in [3.05, 3.63) is 89.6 Å². The number of aliphatic hydroxyl groups excluding tert-OH is 3. The third-order valence-electron chi connectivity index (χ3n) is 7.30. The zero-order chi connectivity index (χ0) is 25.8. The summed E-state index contributed by atoms with van der Waals surface area (Å²) in [6, 6.07) is 20.2. The number of rotatable bonds is 5. The summed E-state index contributed by atoms with van der Waals surface area (Å²) in [7, 11) is 0. The van der Waals surface area contributed by atoms with E-state index < -0.39 is 37.3 Å². The molecule has 1 fully saturated rings. The average Bonchev–Trinajstić information content (AvgIpc) is 3.70. The number of aliphatic imine (C=N–C) groups is 1. The molecule has 0 amide bonds. The van der Waals surface area contributed by atoms with Crippen LogP contribution in [0.2, 0.25) is 0 Å². The van der Waals surface area contributed by atoms with Crippen molar-refractivity contribution in [2.45, 2.75) is 37.2 Å². The molecule has 9 heteroatoms. The fourth-order valence-corrected chi connectivity index (χ4v) is 5.97. The number of thiazole rings is 1. The van der Waals surface area contributed by atoms with Gasteiger partial charge >= 0.3 is 0 Å². The zero-order valence-corrected chi connectivity index (χ0v) is 21.0. The Bertz CT molecular complexity index is 1660. The van der Waals surface area contributed by atoms with E-state index in [4.69, 9.17) is 9.47 Å². The molecule has 1 saturated heterocycles. The van der Waals surface area contributed by atoms with Gasteiger partial charge in [-0.15, -0.1) is 11.3 Å². The van der Waals surface area contributed by atoms with Crippen molar-refractivity contribution in [3.8, 4) is 10.6 Å². The van der Waals surface area contributed by atoms with Gasteiger partial charge in [-0.2, -0.15) is 0 Å². The van der Waals surface area contributed by atoms with Gasteiger partial charge in [0, 0.05) is 40.8 Å². The van der Waals surface area contributed by atoms with Crippen molar-refractivity contribution in [2.24, 2.45) is 4.99 Å². The Morgan fingerprint density at radius 3 is 2.66 bits per heavy atom. The van der Waals surface area contributed by atoms with E-state index in [1.54, 1.807) is 17.5 Å². The molecule has 3 aromatic carbocycles. The number of benzene rings is 3. The minimum atomic E-state index is -1.25. The van der Waals surface area contributed by atoms with Crippen molar-refractivity contribution in [1.29, 1.82) is 0 Å². The molecule has 7 rings (SSSR count). The highest BCUT2D eigenvalue weighted by atomic mass is 32.1. The maximum Gasteiger partial charge on any atom is 0.227 e. The predicted octanol–water partition coefficient (Wildman–Crippen LogP) is 3.55. The molecule has 0 aliphatic carbocycles. The van der Waals surface area contributed by atoms with Crippen molar-refractivity contribution >= 4 is 38.9 Å². The average molecular weight is 528 g/mol. The van der Waals surface area contributed by atoms with E-state index in [2.05, 4.69) is 50.9 Å². The molecular formula is C29H25N3O5S. The molecule has 38 heavy (non-hydrogen) atoms. The van der Waals surface area contributed by atoms with Gasteiger partial charge in [-0.1, -0.05) is 48.5 Å². The summed E-state index contributed by atoms with van der Waals surface area (Å²) in [5.41, 5.74) is 3.94. The number of hydrogen-bond acceptors (Lipinski definition) is 8. The van der Waals surface area contributed by atoms with Crippen molar-refractivity contribution in [3.63, 3.8) is 0 Å². The summed E-state index contributed by atoms with van der Waals surface area (Å²) >= 11 is 1.59. The van der Waals surface area contributed by atoms with Gasteiger partial charge in [-0.3, -0.25) is 0 Å². The lowest BCUT2D eigenvalue weighted by molar-refractivity contribution is -0.234. The zero-order valence-electron chi connectivity index (χ0n) is 20.2. The molecule has 3 N–H and O–H groups in total. The van der Waals surface area contributed by atoms with Crippen molar-refractivity contribution < 1.29 is 24.8 Å². The molecule has 5 atom stereocenters. The number of aromatic nitrogens is 2. The molecule has 0 spiro atoms. The van der Waals surface area contributed by atoms with Crippen LogP contribution in [0.4, 0.5) is 0 Å². The summed E-state index contributed by atoms with van der Waals surface area (Å²) in [5.74, 6) is 0.342. The highest BCUT2D eigenvalue weighted by molar-refractivity contribution is 7.13. The third kappa shape index (κ3) is 3.91. The highest BCUT2D eigenvalue weighted by Crippen LogP contribution is 2.35. The van der Waals surface area contributed by atoms with Crippen LogP contribution in [0.3, 0.4) is 0 Å². The van der Waals surface area contributed by atoms with Crippen molar-refractivity contribution in [2.75, 3.05) is 6.61 Å². The number of aliphatic hydroxyl groups is 3. The van der Waals surface area contributed by atoms with Gasteiger partial charge in [0.05, 0.1) is 12.2 Å². The Hall–Kier alpha value is -3.60. The van der Waals surface area contributed by atoms with Gasteiger partial charge in [0.25, 0.3) is 0 Å². The van der Waals surface area contributed by atoms with Gasteiger partial charge in [-0.05, 0) is 28.5 Å². The lowest BCUT2D eigenvalue weighted by Gasteiger charge is -2.36. The standard InChI is InChI=1S/C29H25N3O5S/c33-15-23-25(34)26(35)24-29(36-23)37-27(31-24)21-14-32(13-16-5-6-17-3-1-2-4-18(17)11-16)22-12-19(7-8-20(21)22)28-30-9-10-38-28/h1-12,14,23-26,29,33-35H,13,15H2/t23-,24-,25-,26-,29-/m1/s1. The van der Waals surface area contributed by atoms with Gasteiger partial charge in [0.2, 0.25) is 12.2 Å². The Labute approximate surface area is 222 Å². The second kappa shape index (κ2) is 9.30. The molecule has 192 valence electrons. The molecule has 5 aromatic rings. The lowest BCUT2D eigenvalue weighted by Crippen LogP contribution is -2.56. The minimum absolute atomic E-state index is 0.342. The normalized spacial score (nSPS) is 24.9. The third-order valence-corrected chi connectivity index (χ3v) is 8.12. The van der Waals surface area contributed by atoms with Crippen LogP contribution in [0, 0.1) is 0 Å². The van der Waals surface area contributed by atoms with E-state index in [0.717, 1.165) is 32.6 Å². The topological polar surface area (TPSA) is 109 Å². The number of fused-ring (bicyclic) bond motifs is 3. The van der Waals surface area contributed by atoms with Gasteiger partial charge in [0.1, 0.15) is 29.4 Å². The van der Waals surface area contributed by atoms with Crippen LogP contribution < -0.4 is 0 Å². The second-order valence-electron chi connectivity index (χ2n) is 9.67. The molecule has 4 heterocycles. The Kier molecular flexibility index (Phi) is 5.75. The predicted molar refractivity (Wildman–Crippen MR) is 145 cm³/mol. The van der Waals surface area contributed by atoms with E-state index in [-0.39, 0.29) is 0 Å². The van der Waals surface area contributed by atoms with Crippen LogP contribution >= 0.6 is 11.3 Å². The quantitative estimate of drug-likeness (QED) is 0.323. The Balaban J connectivity index is 1.31. The first-order valence-electron chi connectivity index (χ1n) is 12.5. The summed E-state index contributed by atoms with van der Waals surface area (Å²) in [6.45, 7) is 0.206. The second-order valence-corrected chi connectivity index (χ2v) is 10.6. The Morgan fingerprint density at radius 1 is 0.974 bits per heavy atom. The van der Waals surface area contributed by atoms with E-state index in [9.17, 15) is 15.3 Å². The van der Waals surface area contributed by atoms with Gasteiger partial charge in [0.15, 0.2) is 0 Å². The summed E-state index contributed by atoms with van der Waals surface area (Å²) in [5, 5.41) is 36.7. The van der Waals surface area contributed by atoms with Gasteiger partial charge in [-0.25, -0.2) is 9.98 Å². The number of nitrogens with zero attached hydrogens (tertiary/aromatic N) is 3. The first kappa shape index (κ1) is 23.5. The fraction of sp³-hybridized carbons (Fsp3) is 0.241. The van der Waals surface area contributed by atoms with Crippen LogP contribution in [0.25, 0.3) is 32.2 Å². The van der Waals surface area contributed by atoms with Crippen LogP contribution in [-0.2, 0) is 16.0 Å². The van der Waals surface area contributed by atoms with E-state index >= 15 is 0 Å². The molecule has 0 saturated carbocycles. The van der Waals surface area contributed by atoms with E-state index in [1.165, 1.54) is 10.8 Å². The molecular weight excluding hydrogens is 502 g/mol. The molecule has 2 aliphatic rings. The first-order chi connectivity index (χ1) is 18.6. The molecule has 0 bridgehead atoms. The molecule has 2 aliphatic heterocycles. The number of hydrogen-bond donors (Lipinski definition) is 3. The van der Waals surface area contributed by atoms with Crippen molar-refractivity contribution in [1.82, 2.24) is 9.55 Å². The van der Waals surface area contributed by atoms with Crippen LogP contribution in [0.5, 0.6) is 0 Å². The fourth-order valence-electron chi connectivity index (χ4n) is 5.34. The minimum Gasteiger partial charge on any atom is -0.445 e. The molecule has 0 radical (unpaired) electrons. The molecule has 8 nitrogen and oxygen atoms in total. The van der Waals surface area contributed by atoms with E-state index in [0.29, 0.717) is 12.4 Å². The monoisotopic (exact) mass is 527 g/mol. The Morgan fingerprint density at radius 2 is 1.84 bits per heavy atom. The summed E-state index contributed by atoms with van der Waals surface area (Å²) in [4.78, 5) is 9.10. The SMILES string of the molecule is OC[C@H]1O[C@@H]2OC(c3cn(Cc4ccc5ccccc5c4)c4cc(-c5nccs5)ccc34)=N[C@@H]2[C@@H](O)[C@@H]1O. The highest BCUT2D eigenvalue weighted by Gasteiger charge is 2.49.